The highest BCUT2D eigenvalue weighted by Gasteiger charge is 2.27. The van der Waals surface area contributed by atoms with Crippen molar-refractivity contribution in [2.24, 2.45) is 5.92 Å². The van der Waals surface area contributed by atoms with Gasteiger partial charge in [0.2, 0.25) is 0 Å². The van der Waals surface area contributed by atoms with Gasteiger partial charge < -0.3 is 9.47 Å². The topological polar surface area (TPSA) is 18.5 Å². The molecule has 2 unspecified atom stereocenters. The molecule has 0 aliphatic carbocycles. The summed E-state index contributed by atoms with van der Waals surface area (Å²) in [6, 6.07) is 4.22. The van der Waals surface area contributed by atoms with Crippen LogP contribution in [0.25, 0.3) is 0 Å². The van der Waals surface area contributed by atoms with E-state index in [4.69, 9.17) is 9.47 Å². The number of rotatable bonds is 1. The van der Waals surface area contributed by atoms with E-state index in [1.54, 1.807) is 0 Å². The fourth-order valence-electron chi connectivity index (χ4n) is 2.86. The molecule has 0 aromatic heterocycles. The summed E-state index contributed by atoms with van der Waals surface area (Å²) in [5.41, 5.74) is 3.99. The summed E-state index contributed by atoms with van der Waals surface area (Å²) >= 11 is 4.40. The highest BCUT2D eigenvalue weighted by Crippen LogP contribution is 2.41. The first-order valence-electron chi connectivity index (χ1n) is 6.94. The van der Waals surface area contributed by atoms with Gasteiger partial charge in [0.25, 0.3) is 0 Å². The Labute approximate surface area is 120 Å². The lowest BCUT2D eigenvalue weighted by Gasteiger charge is -2.31. The Morgan fingerprint density at radius 2 is 2.26 bits per heavy atom. The van der Waals surface area contributed by atoms with Crippen molar-refractivity contribution in [3.8, 4) is 11.5 Å². The lowest BCUT2D eigenvalue weighted by Crippen LogP contribution is -2.25. The Morgan fingerprint density at radius 3 is 3.05 bits per heavy atom. The second-order valence-corrected chi connectivity index (χ2v) is 5.96. The molecule has 2 nitrogen and oxygen atoms in total. The minimum absolute atomic E-state index is 0.0205. The predicted molar refractivity (Wildman–Crippen MR) is 80.3 cm³/mol. The maximum atomic E-state index is 6.05. The van der Waals surface area contributed by atoms with Crippen LogP contribution in [-0.4, -0.2) is 12.0 Å². The molecule has 2 aliphatic rings. The zero-order valence-electron chi connectivity index (χ0n) is 11.5. The molecule has 1 aromatic carbocycles. The fourth-order valence-corrected chi connectivity index (χ4v) is 3.10. The Bertz CT molecular complexity index is 522. The number of allylic oxidation sites excluding steroid dienone is 1. The summed E-state index contributed by atoms with van der Waals surface area (Å²) in [6.45, 7) is 5.06. The quantitative estimate of drug-likeness (QED) is 0.621. The first-order chi connectivity index (χ1) is 9.19. The van der Waals surface area contributed by atoms with Crippen LogP contribution >= 0.6 is 12.6 Å². The smallest absolute Gasteiger partial charge is 0.142 e. The third-order valence-corrected chi connectivity index (χ3v) is 4.56. The first-order valence-corrected chi connectivity index (χ1v) is 7.45. The number of fused-ring (bicyclic) bond motifs is 3. The maximum absolute atomic E-state index is 6.05. The van der Waals surface area contributed by atoms with E-state index in [0.717, 1.165) is 37.4 Å². The van der Waals surface area contributed by atoms with Crippen LogP contribution in [0.1, 0.15) is 31.4 Å². The highest BCUT2D eigenvalue weighted by molar-refractivity contribution is 7.80. The third kappa shape index (κ3) is 2.36. The van der Waals surface area contributed by atoms with Crippen LogP contribution in [0.5, 0.6) is 11.5 Å². The molecular formula is C16H20O2S. The average Bonchev–Trinajstić information content (AvgIpc) is 2.45. The molecule has 2 aliphatic heterocycles. The molecule has 3 rings (SSSR count). The Kier molecular flexibility index (Phi) is 3.48. The van der Waals surface area contributed by atoms with Gasteiger partial charge in [-0.25, -0.2) is 0 Å². The molecule has 0 bridgehead atoms. The minimum Gasteiger partial charge on any atom is -0.492 e. The molecule has 19 heavy (non-hydrogen) atoms. The second-order valence-electron chi connectivity index (χ2n) is 5.39. The van der Waals surface area contributed by atoms with E-state index < -0.39 is 0 Å². The Hall–Kier alpha value is -1.09. The summed E-state index contributed by atoms with van der Waals surface area (Å²) in [7, 11) is 0. The van der Waals surface area contributed by atoms with E-state index in [-0.39, 0.29) is 5.44 Å². The highest BCUT2D eigenvalue weighted by atomic mass is 32.1. The van der Waals surface area contributed by atoms with Gasteiger partial charge in [0.15, 0.2) is 0 Å². The number of thiol groups is 1. The molecule has 1 aromatic rings. The molecular weight excluding hydrogens is 256 g/mol. The van der Waals surface area contributed by atoms with Gasteiger partial charge in [0, 0.05) is 11.5 Å². The minimum atomic E-state index is 0.0205. The van der Waals surface area contributed by atoms with Gasteiger partial charge in [-0.15, -0.1) is 12.6 Å². The van der Waals surface area contributed by atoms with Gasteiger partial charge in [-0.05, 0) is 44.7 Å². The molecule has 0 radical (unpaired) electrons. The Balaban J connectivity index is 1.92. The predicted octanol–water partition coefficient (Wildman–Crippen LogP) is 3.78. The zero-order chi connectivity index (χ0) is 13.4. The zero-order valence-corrected chi connectivity index (χ0v) is 12.4. The van der Waals surface area contributed by atoms with Crippen LogP contribution in [0.2, 0.25) is 0 Å². The fraction of sp³-hybridized carbons (Fsp3) is 0.500. The van der Waals surface area contributed by atoms with Crippen LogP contribution in [0.4, 0.5) is 0 Å². The van der Waals surface area contributed by atoms with Gasteiger partial charge in [0.05, 0.1) is 6.61 Å². The molecule has 3 heteroatoms. The van der Waals surface area contributed by atoms with Crippen molar-refractivity contribution >= 4 is 12.6 Å². The molecule has 0 N–H and O–H groups in total. The molecule has 2 heterocycles. The molecule has 2 atom stereocenters. The summed E-state index contributed by atoms with van der Waals surface area (Å²) in [5, 5.41) is 0. The summed E-state index contributed by atoms with van der Waals surface area (Å²) < 4.78 is 11.8. The van der Waals surface area contributed by atoms with E-state index in [1.807, 2.05) is 0 Å². The van der Waals surface area contributed by atoms with Crippen molar-refractivity contribution < 1.29 is 9.47 Å². The summed E-state index contributed by atoms with van der Waals surface area (Å²) in [6.07, 6.45) is 5.21. The normalized spacial score (nSPS) is 25.9. The molecule has 0 saturated heterocycles. The summed E-state index contributed by atoms with van der Waals surface area (Å²) in [5.74, 6) is 2.53. The van der Waals surface area contributed by atoms with Crippen LogP contribution in [-0.2, 0) is 12.8 Å². The van der Waals surface area contributed by atoms with Crippen molar-refractivity contribution in [2.45, 2.75) is 38.5 Å². The first kappa shape index (κ1) is 12.9. The van der Waals surface area contributed by atoms with E-state index in [2.05, 4.69) is 44.7 Å². The standard InChI is InChI=1S/C16H20O2S/c1-3-10(2)12-8-11-4-6-14-13(16(11)17-9-12)5-7-15(19)18-14/h3-4,6,12,15,19H,5,7-9H2,1-2H3/b10-3+. The van der Waals surface area contributed by atoms with Crippen LogP contribution < -0.4 is 9.47 Å². The maximum Gasteiger partial charge on any atom is 0.142 e. The van der Waals surface area contributed by atoms with Gasteiger partial charge in [-0.1, -0.05) is 17.7 Å². The number of hydrogen-bond donors (Lipinski definition) is 1. The SMILES string of the molecule is C/C=C(\C)C1COc2c(ccc3c2CCC(S)O3)C1. The number of ether oxygens (including phenoxy) is 2. The van der Waals surface area contributed by atoms with Crippen molar-refractivity contribution in [2.75, 3.05) is 6.61 Å². The number of benzene rings is 1. The van der Waals surface area contributed by atoms with Gasteiger partial charge in [0.1, 0.15) is 16.9 Å². The monoisotopic (exact) mass is 276 g/mol. The Morgan fingerprint density at radius 1 is 1.42 bits per heavy atom. The molecule has 102 valence electrons. The molecule has 0 amide bonds. The average molecular weight is 276 g/mol. The van der Waals surface area contributed by atoms with Gasteiger partial charge >= 0.3 is 0 Å². The van der Waals surface area contributed by atoms with Crippen molar-refractivity contribution in [1.82, 2.24) is 0 Å². The largest absolute Gasteiger partial charge is 0.492 e. The van der Waals surface area contributed by atoms with Crippen molar-refractivity contribution in [1.29, 1.82) is 0 Å². The summed E-state index contributed by atoms with van der Waals surface area (Å²) in [4.78, 5) is 0. The van der Waals surface area contributed by atoms with Crippen molar-refractivity contribution in [3.05, 3.63) is 34.9 Å². The number of hydrogen-bond acceptors (Lipinski definition) is 3. The lowest BCUT2D eigenvalue weighted by molar-refractivity contribution is 0.223. The second kappa shape index (κ2) is 5.12. The molecule has 0 saturated carbocycles. The van der Waals surface area contributed by atoms with E-state index in [1.165, 1.54) is 16.7 Å². The lowest BCUT2D eigenvalue weighted by atomic mass is 9.88. The molecule has 0 fully saturated rings. The molecule has 0 spiro atoms. The van der Waals surface area contributed by atoms with Crippen molar-refractivity contribution in [3.63, 3.8) is 0 Å². The van der Waals surface area contributed by atoms with Gasteiger partial charge in [-0.3, -0.25) is 0 Å². The van der Waals surface area contributed by atoms with Crippen LogP contribution in [0, 0.1) is 5.92 Å². The van der Waals surface area contributed by atoms with Crippen LogP contribution in [0.15, 0.2) is 23.8 Å². The third-order valence-electron chi connectivity index (χ3n) is 4.20. The van der Waals surface area contributed by atoms with E-state index >= 15 is 0 Å². The van der Waals surface area contributed by atoms with E-state index in [0.29, 0.717) is 5.92 Å². The van der Waals surface area contributed by atoms with Gasteiger partial charge in [-0.2, -0.15) is 0 Å². The van der Waals surface area contributed by atoms with E-state index in [9.17, 15) is 0 Å². The van der Waals surface area contributed by atoms with Crippen LogP contribution in [0.3, 0.4) is 0 Å².